The average Bonchev–Trinajstić information content (AvgIpc) is 4.02. The van der Waals surface area contributed by atoms with Crippen LogP contribution < -0.4 is 15.6 Å². The van der Waals surface area contributed by atoms with Gasteiger partial charge in [0, 0.05) is 64.9 Å². The van der Waals surface area contributed by atoms with Crippen LogP contribution in [0.5, 0.6) is 0 Å². The zero-order valence-corrected chi connectivity index (χ0v) is 40.6. The molecular formula is C60H55BN2O2S. The van der Waals surface area contributed by atoms with Gasteiger partial charge in [0.15, 0.2) is 0 Å². The molecule has 13 rings (SSSR count). The Labute approximate surface area is 390 Å². The first kappa shape index (κ1) is 40.1. The van der Waals surface area contributed by atoms with Gasteiger partial charge in [0.1, 0.15) is 22.3 Å². The summed E-state index contributed by atoms with van der Waals surface area (Å²) in [5.41, 5.74) is 19.1. The molecule has 0 saturated carbocycles. The van der Waals surface area contributed by atoms with Crippen LogP contribution in [0.25, 0.3) is 92.6 Å². The molecule has 326 valence electrons. The number of anilines is 2. The number of rotatable bonds is 3. The van der Waals surface area contributed by atoms with Crippen LogP contribution in [0.2, 0.25) is 0 Å². The van der Waals surface area contributed by atoms with E-state index in [-0.39, 0.29) is 21.7 Å². The zero-order valence-electron chi connectivity index (χ0n) is 39.8. The van der Waals surface area contributed by atoms with Crippen LogP contribution in [-0.2, 0) is 21.7 Å². The van der Waals surface area contributed by atoms with Crippen LogP contribution in [0.3, 0.4) is 0 Å². The summed E-state index contributed by atoms with van der Waals surface area (Å²) in [4.78, 5) is 0. The Balaban J connectivity index is 1.10. The number of furan rings is 2. The lowest BCUT2D eigenvalue weighted by Gasteiger charge is -2.41. The highest BCUT2D eigenvalue weighted by Crippen LogP contribution is 2.50. The Morgan fingerprint density at radius 1 is 0.561 bits per heavy atom. The van der Waals surface area contributed by atoms with Gasteiger partial charge in [-0.1, -0.05) is 118 Å². The summed E-state index contributed by atoms with van der Waals surface area (Å²) in [6.45, 7) is 23.4. The minimum Gasteiger partial charge on any atom is -0.456 e. The Morgan fingerprint density at radius 3 is 1.97 bits per heavy atom. The van der Waals surface area contributed by atoms with E-state index < -0.39 is 0 Å². The second-order valence-corrected chi connectivity index (χ2v) is 24.0. The molecule has 1 aliphatic carbocycles. The highest BCUT2D eigenvalue weighted by atomic mass is 32.1. The van der Waals surface area contributed by atoms with E-state index in [1.165, 1.54) is 87.4 Å². The Bertz CT molecular complexity index is 3890. The topological polar surface area (TPSA) is 43.2 Å². The Kier molecular flexibility index (Phi) is 8.03. The smallest absolute Gasteiger partial charge is 0.211 e. The molecule has 4 aromatic heterocycles. The molecule has 2 aliphatic rings. The number of nitrogens with one attached hydrogen (secondary N) is 1. The van der Waals surface area contributed by atoms with E-state index in [9.17, 15) is 0 Å². The summed E-state index contributed by atoms with van der Waals surface area (Å²) in [5, 5.41) is 12.4. The Morgan fingerprint density at radius 2 is 1.21 bits per heavy atom. The molecule has 1 aliphatic heterocycles. The minimum atomic E-state index is 0.0240. The maximum Gasteiger partial charge on any atom is 0.211 e. The minimum absolute atomic E-state index is 0.0240. The molecule has 6 heteroatoms. The second kappa shape index (κ2) is 13.2. The number of nitrogens with zero attached hydrogens (tertiary/aromatic N) is 1. The quantitative estimate of drug-likeness (QED) is 0.180. The van der Waals surface area contributed by atoms with Crippen LogP contribution in [0.15, 0.2) is 124 Å². The summed E-state index contributed by atoms with van der Waals surface area (Å²) < 4.78 is 18.9. The molecule has 0 radical (unpaired) electrons. The third kappa shape index (κ3) is 5.76. The summed E-state index contributed by atoms with van der Waals surface area (Å²) in [5.74, 6) is 0. The van der Waals surface area contributed by atoms with Crippen molar-refractivity contribution < 1.29 is 8.83 Å². The second-order valence-electron chi connectivity index (χ2n) is 22.9. The van der Waals surface area contributed by atoms with Crippen molar-refractivity contribution in [2.24, 2.45) is 0 Å². The first-order chi connectivity index (χ1) is 31.4. The van der Waals surface area contributed by atoms with Gasteiger partial charge in [0.2, 0.25) is 7.28 Å². The predicted molar refractivity (Wildman–Crippen MR) is 285 cm³/mol. The van der Waals surface area contributed by atoms with Gasteiger partial charge < -0.3 is 18.7 Å². The molecule has 66 heavy (non-hydrogen) atoms. The molecular weight excluding hydrogens is 824 g/mol. The van der Waals surface area contributed by atoms with E-state index in [2.05, 4.69) is 194 Å². The van der Waals surface area contributed by atoms with Crippen LogP contribution in [0, 0.1) is 0 Å². The van der Waals surface area contributed by atoms with Crippen molar-refractivity contribution in [3.05, 3.63) is 138 Å². The highest BCUT2D eigenvalue weighted by Gasteiger charge is 2.38. The largest absolute Gasteiger partial charge is 0.456 e. The molecule has 0 saturated heterocycles. The van der Waals surface area contributed by atoms with Crippen molar-refractivity contribution >= 4 is 116 Å². The van der Waals surface area contributed by atoms with Gasteiger partial charge in [-0.15, -0.1) is 11.3 Å². The fraction of sp³-hybridized carbons (Fsp3) is 0.267. The molecule has 4 nitrogen and oxygen atoms in total. The van der Waals surface area contributed by atoms with E-state index >= 15 is 0 Å². The van der Waals surface area contributed by atoms with Crippen molar-refractivity contribution in [2.75, 3.05) is 5.32 Å². The number of fused-ring (bicyclic) bond motifs is 14. The fourth-order valence-corrected chi connectivity index (χ4v) is 12.8. The van der Waals surface area contributed by atoms with Gasteiger partial charge in [-0.05, 0) is 139 Å². The predicted octanol–water partition coefficient (Wildman–Crippen LogP) is 15.9. The van der Waals surface area contributed by atoms with Crippen LogP contribution in [-0.4, -0.2) is 11.8 Å². The normalized spacial score (nSPS) is 15.7. The molecule has 0 amide bonds. The van der Waals surface area contributed by atoms with Gasteiger partial charge in [-0.3, -0.25) is 0 Å². The number of para-hydroxylation sites is 1. The van der Waals surface area contributed by atoms with Crippen molar-refractivity contribution in [3.63, 3.8) is 0 Å². The third-order valence-corrected chi connectivity index (χ3v) is 16.8. The van der Waals surface area contributed by atoms with Gasteiger partial charge in [0.05, 0.1) is 11.2 Å². The first-order valence-corrected chi connectivity index (χ1v) is 24.6. The molecule has 0 spiro atoms. The van der Waals surface area contributed by atoms with Crippen molar-refractivity contribution in [2.45, 2.75) is 104 Å². The number of aromatic nitrogens is 1. The van der Waals surface area contributed by atoms with Crippen LogP contribution in [0.1, 0.15) is 104 Å². The van der Waals surface area contributed by atoms with Crippen molar-refractivity contribution in [1.82, 2.24) is 4.57 Å². The summed E-state index contributed by atoms with van der Waals surface area (Å²) >= 11 is 1.94. The standard InChI is InChI=1S/C60H55BN2O2S/c1-57(2,3)32-15-18-34(19-16-32)62-46-27-41-40-26-44-45(60(9,10)24-23-59(44,7)8)31-51(40)65-49(41)29-38(46)36-20-21-37-39-30-50-42(35-13-11-12-14-48(35)64-50)28-47(39)63-54(37)53(36)61-56-55(63)43-25-33(58(4,5)6)17-22-52(43)66-56/h11-22,25-31,61-62H,23-24H2,1-10H3. The van der Waals surface area contributed by atoms with E-state index in [0.717, 1.165) is 69.1 Å². The van der Waals surface area contributed by atoms with Crippen molar-refractivity contribution in [3.8, 4) is 16.8 Å². The van der Waals surface area contributed by atoms with E-state index in [4.69, 9.17) is 8.83 Å². The first-order valence-electron chi connectivity index (χ1n) is 23.8. The monoisotopic (exact) mass is 878 g/mol. The SMILES string of the molecule is CC(C)(C)c1ccc(Nc2cc3c(cc2-c2ccc4c5cc6oc7ccccc7c6cc5n5c4c2Bc2sc4ccc(C(C)(C)C)cc4c2-5)oc2cc4c(cc23)C(C)(C)CCC4(C)C)cc1. The summed E-state index contributed by atoms with van der Waals surface area (Å²) in [7, 11) is 0.830. The molecule has 0 fully saturated rings. The molecule has 1 N–H and O–H groups in total. The number of hydrogen-bond acceptors (Lipinski definition) is 4. The lowest BCUT2D eigenvalue weighted by atomic mass is 9.63. The maximum absolute atomic E-state index is 7.01. The molecule has 7 aromatic carbocycles. The third-order valence-electron chi connectivity index (χ3n) is 15.6. The fourth-order valence-electron chi connectivity index (χ4n) is 11.6. The zero-order chi connectivity index (χ0) is 45.4. The van der Waals surface area contributed by atoms with Gasteiger partial charge >= 0.3 is 0 Å². The van der Waals surface area contributed by atoms with Crippen molar-refractivity contribution in [1.29, 1.82) is 0 Å². The Hall–Kier alpha value is -6.24. The highest BCUT2D eigenvalue weighted by molar-refractivity contribution is 7.29. The maximum atomic E-state index is 7.01. The number of benzene rings is 7. The molecule has 0 atom stereocenters. The summed E-state index contributed by atoms with van der Waals surface area (Å²) in [6.07, 6.45) is 2.33. The lowest BCUT2D eigenvalue weighted by molar-refractivity contribution is 0.332. The van der Waals surface area contributed by atoms with E-state index in [0.29, 0.717) is 0 Å². The van der Waals surface area contributed by atoms with Gasteiger partial charge in [0.25, 0.3) is 0 Å². The summed E-state index contributed by atoms with van der Waals surface area (Å²) in [6, 6.07) is 43.6. The lowest BCUT2D eigenvalue weighted by Crippen LogP contribution is -2.35. The number of thiophene rings is 1. The molecule has 0 bridgehead atoms. The van der Waals surface area contributed by atoms with Gasteiger partial charge in [-0.25, -0.2) is 0 Å². The van der Waals surface area contributed by atoms with Crippen LogP contribution >= 0.6 is 11.3 Å². The number of hydrogen-bond donors (Lipinski definition) is 1. The van der Waals surface area contributed by atoms with Crippen LogP contribution in [0.4, 0.5) is 11.4 Å². The molecule has 11 aromatic rings. The molecule has 0 unspecified atom stereocenters. The van der Waals surface area contributed by atoms with E-state index in [1.54, 1.807) is 0 Å². The molecule has 5 heterocycles. The van der Waals surface area contributed by atoms with E-state index in [1.807, 2.05) is 11.3 Å². The van der Waals surface area contributed by atoms with Gasteiger partial charge in [-0.2, -0.15) is 0 Å². The average molecular weight is 879 g/mol.